The first-order valence-corrected chi connectivity index (χ1v) is 10.8. The van der Waals surface area contributed by atoms with Gasteiger partial charge in [0, 0.05) is 38.3 Å². The van der Waals surface area contributed by atoms with Gasteiger partial charge in [-0.25, -0.2) is 0 Å². The van der Waals surface area contributed by atoms with Crippen molar-refractivity contribution < 1.29 is 19.1 Å². The van der Waals surface area contributed by atoms with Gasteiger partial charge in [0.05, 0.1) is 18.9 Å². The van der Waals surface area contributed by atoms with Gasteiger partial charge in [-0.3, -0.25) is 14.6 Å². The van der Waals surface area contributed by atoms with E-state index in [2.05, 4.69) is 4.98 Å². The lowest BCUT2D eigenvalue weighted by Gasteiger charge is -2.33. The quantitative estimate of drug-likeness (QED) is 0.698. The minimum atomic E-state index is 0.0110. The molecule has 0 spiro atoms. The highest BCUT2D eigenvalue weighted by atomic mass is 16.5. The normalized spacial score (nSPS) is 19.9. The molecule has 7 nitrogen and oxygen atoms in total. The van der Waals surface area contributed by atoms with Crippen molar-refractivity contribution in [2.45, 2.75) is 46.0 Å². The molecule has 29 heavy (non-hydrogen) atoms. The second kappa shape index (κ2) is 10.6. The maximum Gasteiger partial charge on any atom is 0.260 e. The van der Waals surface area contributed by atoms with Crippen molar-refractivity contribution in [2.75, 3.05) is 46.0 Å². The number of ether oxygens (including phenoxy) is 2. The highest BCUT2D eigenvalue weighted by Gasteiger charge is 2.25. The van der Waals surface area contributed by atoms with Crippen LogP contribution in [0, 0.1) is 12.8 Å². The van der Waals surface area contributed by atoms with Crippen molar-refractivity contribution in [1.82, 2.24) is 14.8 Å². The third kappa shape index (κ3) is 6.16. The van der Waals surface area contributed by atoms with E-state index in [-0.39, 0.29) is 18.4 Å². The number of likely N-dealkylation sites (tertiary alicyclic amines) is 1. The zero-order chi connectivity index (χ0) is 20.6. The third-order valence-electron chi connectivity index (χ3n) is 5.76. The Morgan fingerprint density at radius 2 is 1.97 bits per heavy atom. The van der Waals surface area contributed by atoms with Crippen LogP contribution >= 0.6 is 0 Å². The van der Waals surface area contributed by atoms with Gasteiger partial charge in [0.2, 0.25) is 5.91 Å². The van der Waals surface area contributed by atoms with Crippen molar-refractivity contribution in [3.8, 4) is 5.75 Å². The van der Waals surface area contributed by atoms with Gasteiger partial charge >= 0.3 is 0 Å². The Labute approximate surface area is 173 Å². The van der Waals surface area contributed by atoms with Crippen LogP contribution in [0.5, 0.6) is 5.75 Å². The number of carbonyl (C=O) groups excluding carboxylic acids is 2. The summed E-state index contributed by atoms with van der Waals surface area (Å²) in [5.74, 6) is 1.29. The van der Waals surface area contributed by atoms with Crippen LogP contribution in [-0.2, 0) is 20.7 Å². The predicted molar refractivity (Wildman–Crippen MR) is 110 cm³/mol. The average molecular weight is 404 g/mol. The molecule has 0 saturated carbocycles. The maximum absolute atomic E-state index is 12.7. The third-order valence-corrected chi connectivity index (χ3v) is 5.76. The first-order valence-electron chi connectivity index (χ1n) is 10.8. The van der Waals surface area contributed by atoms with E-state index in [9.17, 15) is 9.59 Å². The molecule has 1 aromatic heterocycles. The number of rotatable bonds is 7. The molecule has 3 heterocycles. The molecular weight excluding hydrogens is 370 g/mol. The molecule has 0 N–H and O–H groups in total. The number of nitrogens with zero attached hydrogens (tertiary/aromatic N) is 3. The molecule has 2 fully saturated rings. The van der Waals surface area contributed by atoms with Crippen LogP contribution in [0.3, 0.4) is 0 Å². The molecular formula is C22H33N3O4. The summed E-state index contributed by atoms with van der Waals surface area (Å²) in [7, 11) is 0. The van der Waals surface area contributed by atoms with Crippen molar-refractivity contribution >= 4 is 11.8 Å². The predicted octanol–water partition coefficient (Wildman–Crippen LogP) is 2.21. The van der Waals surface area contributed by atoms with Gasteiger partial charge in [-0.2, -0.15) is 0 Å². The molecule has 2 saturated heterocycles. The number of piperidine rings is 1. The molecule has 2 aliphatic rings. The zero-order valence-electron chi connectivity index (χ0n) is 17.7. The maximum atomic E-state index is 12.7. The number of amides is 2. The molecule has 2 aliphatic heterocycles. The summed E-state index contributed by atoms with van der Waals surface area (Å²) in [5, 5.41) is 0. The molecule has 0 unspecified atom stereocenters. The Morgan fingerprint density at radius 3 is 2.72 bits per heavy atom. The fourth-order valence-electron chi connectivity index (χ4n) is 4.04. The van der Waals surface area contributed by atoms with Crippen molar-refractivity contribution in [1.29, 1.82) is 0 Å². The Bertz CT molecular complexity index is 703. The number of aryl methyl sites for hydroxylation is 2. The van der Waals surface area contributed by atoms with Crippen LogP contribution in [0.2, 0.25) is 0 Å². The van der Waals surface area contributed by atoms with E-state index in [0.29, 0.717) is 50.9 Å². The lowest BCUT2D eigenvalue weighted by atomic mass is 9.93. The summed E-state index contributed by atoms with van der Waals surface area (Å²) in [6, 6.07) is 3.80. The number of morpholine rings is 1. The van der Waals surface area contributed by atoms with Crippen LogP contribution in [-0.4, -0.2) is 72.6 Å². The number of hydrogen-bond acceptors (Lipinski definition) is 5. The van der Waals surface area contributed by atoms with Crippen LogP contribution in [0.15, 0.2) is 12.1 Å². The molecule has 0 aromatic carbocycles. The summed E-state index contributed by atoms with van der Waals surface area (Å²) < 4.78 is 11.1. The number of hydrogen-bond donors (Lipinski definition) is 0. The monoisotopic (exact) mass is 403 g/mol. The van der Waals surface area contributed by atoms with Gasteiger partial charge in [-0.1, -0.05) is 6.92 Å². The van der Waals surface area contributed by atoms with Crippen molar-refractivity contribution in [3.05, 3.63) is 23.5 Å². The molecule has 1 atom stereocenters. The standard InChI is InChI=1S/C22H33N3O4/c1-3-19-20(8-6-17(2)23-19)29-16-22(27)25-10-4-5-18(15-25)7-9-21(26)24-11-13-28-14-12-24/h6,8,18H,3-5,7,9-16H2,1-2H3/t18-/m1/s1. The molecule has 0 aliphatic carbocycles. The first kappa shape index (κ1) is 21.6. The van der Waals surface area contributed by atoms with Gasteiger partial charge in [-0.15, -0.1) is 0 Å². The molecule has 7 heteroatoms. The summed E-state index contributed by atoms with van der Waals surface area (Å²) in [4.78, 5) is 33.3. The highest BCUT2D eigenvalue weighted by molar-refractivity contribution is 5.78. The topological polar surface area (TPSA) is 72.0 Å². The average Bonchev–Trinajstić information content (AvgIpc) is 2.77. The van der Waals surface area contributed by atoms with E-state index in [1.54, 1.807) is 0 Å². The van der Waals surface area contributed by atoms with E-state index < -0.39 is 0 Å². The number of aromatic nitrogens is 1. The molecule has 0 bridgehead atoms. The molecule has 1 aromatic rings. The first-order chi connectivity index (χ1) is 14.1. The highest BCUT2D eigenvalue weighted by Crippen LogP contribution is 2.22. The second-order valence-electron chi connectivity index (χ2n) is 7.92. The number of carbonyl (C=O) groups is 2. The molecule has 0 radical (unpaired) electrons. The van der Waals surface area contributed by atoms with Gasteiger partial charge < -0.3 is 19.3 Å². The lowest BCUT2D eigenvalue weighted by molar-refractivity contribution is -0.136. The van der Waals surface area contributed by atoms with Crippen molar-refractivity contribution in [2.24, 2.45) is 5.92 Å². The summed E-state index contributed by atoms with van der Waals surface area (Å²) in [5.41, 5.74) is 1.84. The number of pyridine rings is 1. The summed E-state index contributed by atoms with van der Waals surface area (Å²) in [6.45, 7) is 8.15. The zero-order valence-corrected chi connectivity index (χ0v) is 17.7. The summed E-state index contributed by atoms with van der Waals surface area (Å²) in [6.07, 6.45) is 4.21. The Hall–Kier alpha value is -2.15. The van der Waals surface area contributed by atoms with E-state index >= 15 is 0 Å². The van der Waals surface area contributed by atoms with E-state index in [1.807, 2.05) is 35.8 Å². The van der Waals surface area contributed by atoms with Crippen molar-refractivity contribution in [3.63, 3.8) is 0 Å². The van der Waals surface area contributed by atoms with Crippen LogP contribution < -0.4 is 4.74 Å². The van der Waals surface area contributed by atoms with Crippen LogP contribution in [0.4, 0.5) is 0 Å². The molecule has 2 amide bonds. The molecule has 160 valence electrons. The minimum Gasteiger partial charge on any atom is -0.482 e. The fourth-order valence-corrected chi connectivity index (χ4v) is 4.04. The van der Waals surface area contributed by atoms with Crippen LogP contribution in [0.1, 0.15) is 44.0 Å². The molecule has 3 rings (SSSR count). The van der Waals surface area contributed by atoms with Gasteiger partial charge in [0.15, 0.2) is 6.61 Å². The van der Waals surface area contributed by atoms with E-state index in [4.69, 9.17) is 9.47 Å². The SMILES string of the molecule is CCc1nc(C)ccc1OCC(=O)N1CCC[C@H](CCC(=O)N2CCOCC2)C1. The largest absolute Gasteiger partial charge is 0.482 e. The lowest BCUT2D eigenvalue weighted by Crippen LogP contribution is -2.43. The minimum absolute atomic E-state index is 0.0110. The van der Waals surface area contributed by atoms with E-state index in [1.165, 1.54) is 0 Å². The smallest absolute Gasteiger partial charge is 0.260 e. The van der Waals surface area contributed by atoms with E-state index in [0.717, 1.165) is 43.6 Å². The Kier molecular flexibility index (Phi) is 7.86. The second-order valence-corrected chi connectivity index (χ2v) is 7.92. The fraction of sp³-hybridized carbons (Fsp3) is 0.682. The van der Waals surface area contributed by atoms with Gasteiger partial charge in [0.25, 0.3) is 5.91 Å². The van der Waals surface area contributed by atoms with Crippen LogP contribution in [0.25, 0.3) is 0 Å². The Balaban J connectivity index is 1.44. The van der Waals surface area contributed by atoms with Gasteiger partial charge in [-0.05, 0) is 50.7 Å². The Morgan fingerprint density at radius 1 is 1.17 bits per heavy atom. The summed E-state index contributed by atoms with van der Waals surface area (Å²) >= 11 is 0. The van der Waals surface area contributed by atoms with Gasteiger partial charge in [0.1, 0.15) is 5.75 Å².